The average molecular weight is 524 g/mol. The molecule has 0 aliphatic rings. The number of benzene rings is 3. The van der Waals surface area contributed by atoms with E-state index in [4.69, 9.17) is 4.74 Å². The summed E-state index contributed by atoms with van der Waals surface area (Å²) < 4.78 is 86.6. The SMILES string of the molecule is CC(CN(C)C)[C@@](Cc1ccccc1)(OC(=O)c1cc(C(F)(F)F)cc(C(F)(F)F)c1)c1ccccc1. The van der Waals surface area contributed by atoms with Crippen LogP contribution in [-0.4, -0.2) is 31.5 Å². The van der Waals surface area contributed by atoms with Gasteiger partial charge in [0.05, 0.1) is 16.7 Å². The summed E-state index contributed by atoms with van der Waals surface area (Å²) in [7, 11) is 3.64. The molecule has 0 saturated carbocycles. The largest absolute Gasteiger partial charge is 0.450 e. The maximum absolute atomic E-state index is 13.4. The van der Waals surface area contributed by atoms with Gasteiger partial charge in [0.2, 0.25) is 0 Å². The number of esters is 1. The minimum atomic E-state index is -5.09. The van der Waals surface area contributed by atoms with Crippen molar-refractivity contribution in [1.29, 1.82) is 0 Å². The maximum Gasteiger partial charge on any atom is 0.416 e. The summed E-state index contributed by atoms with van der Waals surface area (Å²) in [5, 5.41) is 0. The first-order chi connectivity index (χ1) is 17.2. The highest BCUT2D eigenvalue weighted by molar-refractivity contribution is 5.90. The van der Waals surface area contributed by atoms with E-state index in [0.717, 1.165) is 5.56 Å². The smallest absolute Gasteiger partial charge is 0.416 e. The monoisotopic (exact) mass is 523 g/mol. The Hall–Kier alpha value is -3.33. The van der Waals surface area contributed by atoms with Crippen LogP contribution in [0.3, 0.4) is 0 Å². The number of hydrogen-bond donors (Lipinski definition) is 0. The maximum atomic E-state index is 13.4. The highest BCUT2D eigenvalue weighted by Crippen LogP contribution is 2.40. The van der Waals surface area contributed by atoms with Crippen LogP contribution in [0.1, 0.15) is 39.5 Å². The third-order valence-corrected chi connectivity index (χ3v) is 6.11. The molecule has 0 aliphatic carbocycles. The van der Waals surface area contributed by atoms with E-state index >= 15 is 0 Å². The van der Waals surface area contributed by atoms with E-state index in [9.17, 15) is 31.1 Å². The van der Waals surface area contributed by atoms with Crippen LogP contribution in [0.5, 0.6) is 0 Å². The fourth-order valence-electron chi connectivity index (χ4n) is 4.37. The molecule has 3 aromatic carbocycles. The summed E-state index contributed by atoms with van der Waals surface area (Å²) >= 11 is 0. The zero-order valence-electron chi connectivity index (χ0n) is 20.5. The van der Waals surface area contributed by atoms with E-state index < -0.39 is 46.5 Å². The normalized spacial score (nSPS) is 14.8. The predicted octanol–water partition coefficient (Wildman–Crippen LogP) is 7.22. The van der Waals surface area contributed by atoms with Crippen molar-refractivity contribution in [2.24, 2.45) is 5.92 Å². The van der Waals surface area contributed by atoms with Crippen molar-refractivity contribution >= 4 is 5.97 Å². The Morgan fingerprint density at radius 3 is 1.73 bits per heavy atom. The van der Waals surface area contributed by atoms with Crippen LogP contribution in [0.15, 0.2) is 78.9 Å². The molecule has 0 bridgehead atoms. The van der Waals surface area contributed by atoms with Gasteiger partial charge in [0, 0.05) is 18.9 Å². The molecule has 0 aromatic heterocycles. The van der Waals surface area contributed by atoms with Crippen molar-refractivity contribution in [1.82, 2.24) is 4.90 Å². The molecule has 9 heteroatoms. The molecule has 0 aliphatic heterocycles. The molecule has 0 N–H and O–H groups in total. The molecule has 2 atom stereocenters. The van der Waals surface area contributed by atoms with Crippen LogP contribution in [0, 0.1) is 5.92 Å². The summed E-state index contributed by atoms with van der Waals surface area (Å²) in [5.74, 6) is -1.68. The Labute approximate surface area is 211 Å². The Morgan fingerprint density at radius 2 is 1.27 bits per heavy atom. The summed E-state index contributed by atoms with van der Waals surface area (Å²) in [4.78, 5) is 15.3. The van der Waals surface area contributed by atoms with E-state index in [1.807, 2.05) is 44.1 Å². The Morgan fingerprint density at radius 1 is 0.784 bits per heavy atom. The van der Waals surface area contributed by atoms with E-state index in [1.54, 1.807) is 42.5 Å². The topological polar surface area (TPSA) is 29.5 Å². The van der Waals surface area contributed by atoms with Crippen LogP contribution in [-0.2, 0) is 29.1 Å². The molecule has 1 unspecified atom stereocenters. The summed E-state index contributed by atoms with van der Waals surface area (Å²) in [5.41, 5.74) is -4.02. The standard InChI is InChI=1S/C28H27F6NO2/c1-19(18-35(2)3)26(22-12-8-5-9-13-22,17-20-10-6-4-7-11-20)37-25(36)21-14-23(27(29,30)31)16-24(15-21)28(32,33)34/h4-16,19H,17-18H2,1-3H3/t19?,26-/m1/s1. The number of halogens is 6. The number of nitrogens with zero attached hydrogens (tertiary/aromatic N) is 1. The lowest BCUT2D eigenvalue weighted by atomic mass is 9.77. The van der Waals surface area contributed by atoms with E-state index in [-0.39, 0.29) is 12.5 Å². The lowest BCUT2D eigenvalue weighted by Crippen LogP contribution is -2.45. The number of rotatable bonds is 8. The van der Waals surface area contributed by atoms with Gasteiger partial charge >= 0.3 is 18.3 Å². The number of alkyl halides is 6. The van der Waals surface area contributed by atoms with Gasteiger partial charge in [-0.2, -0.15) is 26.3 Å². The van der Waals surface area contributed by atoms with Gasteiger partial charge < -0.3 is 9.64 Å². The molecule has 0 fully saturated rings. The van der Waals surface area contributed by atoms with Crippen molar-refractivity contribution in [3.05, 3.63) is 107 Å². The zero-order chi connectivity index (χ0) is 27.4. The van der Waals surface area contributed by atoms with Crippen molar-refractivity contribution in [3.8, 4) is 0 Å². The van der Waals surface area contributed by atoms with Crippen LogP contribution in [0.4, 0.5) is 26.3 Å². The van der Waals surface area contributed by atoms with Gasteiger partial charge in [0.25, 0.3) is 0 Å². The lowest BCUT2D eigenvalue weighted by molar-refractivity contribution is -0.143. The third kappa shape index (κ3) is 6.91. The molecule has 198 valence electrons. The van der Waals surface area contributed by atoms with Crippen LogP contribution in [0.25, 0.3) is 0 Å². The highest BCUT2D eigenvalue weighted by Gasteiger charge is 2.44. The van der Waals surface area contributed by atoms with Gasteiger partial charge in [0.1, 0.15) is 5.60 Å². The Bertz CT molecular complexity index is 1160. The van der Waals surface area contributed by atoms with Crippen molar-refractivity contribution < 1.29 is 35.9 Å². The summed E-state index contributed by atoms with van der Waals surface area (Å²) in [6.45, 7) is 2.25. The summed E-state index contributed by atoms with van der Waals surface area (Å²) in [6, 6.07) is 18.5. The Balaban J connectivity index is 2.18. The fourth-order valence-corrected chi connectivity index (χ4v) is 4.37. The van der Waals surface area contributed by atoms with Gasteiger partial charge in [-0.3, -0.25) is 0 Å². The predicted molar refractivity (Wildman–Crippen MR) is 128 cm³/mol. The number of ether oxygens (including phenoxy) is 1. The van der Waals surface area contributed by atoms with Gasteiger partial charge in [-0.25, -0.2) is 4.79 Å². The lowest BCUT2D eigenvalue weighted by Gasteiger charge is -2.40. The number of carbonyl (C=O) groups is 1. The van der Waals surface area contributed by atoms with Crippen molar-refractivity contribution in [2.75, 3.05) is 20.6 Å². The molecule has 0 saturated heterocycles. The Kier molecular flexibility index (Phi) is 8.37. The molecular weight excluding hydrogens is 496 g/mol. The van der Waals surface area contributed by atoms with Crippen LogP contribution < -0.4 is 0 Å². The molecular formula is C28H27F6NO2. The van der Waals surface area contributed by atoms with Gasteiger partial charge in [-0.1, -0.05) is 67.6 Å². The average Bonchev–Trinajstić information content (AvgIpc) is 2.83. The van der Waals surface area contributed by atoms with Crippen LogP contribution in [0.2, 0.25) is 0 Å². The minimum Gasteiger partial charge on any atom is -0.450 e. The van der Waals surface area contributed by atoms with E-state index in [2.05, 4.69) is 0 Å². The van der Waals surface area contributed by atoms with Gasteiger partial charge in [-0.05, 0) is 43.4 Å². The molecule has 3 rings (SSSR count). The number of hydrogen-bond acceptors (Lipinski definition) is 3. The molecule has 0 amide bonds. The fraction of sp³-hybridized carbons (Fsp3) is 0.321. The number of carbonyl (C=O) groups excluding carboxylic acids is 1. The van der Waals surface area contributed by atoms with E-state index in [1.165, 1.54) is 0 Å². The molecule has 0 heterocycles. The first-order valence-corrected chi connectivity index (χ1v) is 11.5. The minimum absolute atomic E-state index is 0.0140. The third-order valence-electron chi connectivity index (χ3n) is 6.11. The van der Waals surface area contributed by atoms with Gasteiger partial charge in [0.15, 0.2) is 0 Å². The van der Waals surface area contributed by atoms with Crippen molar-refractivity contribution in [3.63, 3.8) is 0 Å². The second-order valence-electron chi connectivity index (χ2n) is 9.27. The molecule has 3 nitrogen and oxygen atoms in total. The first kappa shape index (κ1) is 28.2. The molecule has 0 radical (unpaired) electrons. The van der Waals surface area contributed by atoms with E-state index in [0.29, 0.717) is 24.2 Å². The zero-order valence-corrected chi connectivity index (χ0v) is 20.5. The van der Waals surface area contributed by atoms with Gasteiger partial charge in [-0.15, -0.1) is 0 Å². The first-order valence-electron chi connectivity index (χ1n) is 11.5. The second-order valence-corrected chi connectivity index (χ2v) is 9.27. The second kappa shape index (κ2) is 11.0. The summed E-state index contributed by atoms with van der Waals surface area (Å²) in [6.07, 6.45) is -10.0. The van der Waals surface area contributed by atoms with Crippen LogP contribution >= 0.6 is 0 Å². The quantitative estimate of drug-likeness (QED) is 0.231. The molecule has 37 heavy (non-hydrogen) atoms. The van der Waals surface area contributed by atoms with Crippen molar-refractivity contribution in [2.45, 2.75) is 31.3 Å². The molecule has 0 spiro atoms. The molecule has 3 aromatic rings. The highest BCUT2D eigenvalue weighted by atomic mass is 19.4.